The Balaban J connectivity index is 1.49. The van der Waals surface area contributed by atoms with Crippen LogP contribution in [0.4, 0.5) is 23.7 Å². The minimum Gasteiger partial charge on any atom is -0.490 e. The van der Waals surface area contributed by atoms with E-state index in [1.807, 2.05) is 42.6 Å². The van der Waals surface area contributed by atoms with E-state index in [9.17, 15) is 27.6 Å². The van der Waals surface area contributed by atoms with Gasteiger partial charge in [-0.1, -0.05) is 30.3 Å². The summed E-state index contributed by atoms with van der Waals surface area (Å²) in [4.78, 5) is 38.4. The highest BCUT2D eigenvalue weighted by Crippen LogP contribution is 2.38. The number of rotatable bonds is 9. The molecule has 3 aromatic rings. The average Bonchev–Trinajstić information content (AvgIpc) is 3.16. The van der Waals surface area contributed by atoms with Gasteiger partial charge in [-0.25, -0.2) is 13.2 Å². The summed E-state index contributed by atoms with van der Waals surface area (Å²) < 4.78 is 52.9. The summed E-state index contributed by atoms with van der Waals surface area (Å²) >= 11 is 2.72. The van der Waals surface area contributed by atoms with Gasteiger partial charge in [0.15, 0.2) is 29.0 Å². The molecule has 7 nitrogen and oxygen atoms in total. The third-order valence-electron chi connectivity index (χ3n) is 5.34. The molecule has 3 aromatic carbocycles. The largest absolute Gasteiger partial charge is 0.490 e. The maximum absolute atomic E-state index is 13.9. The molecule has 0 bridgehead atoms. The minimum absolute atomic E-state index is 0.0583. The number of imide groups is 1. The van der Waals surface area contributed by atoms with Crippen LogP contribution in [0.3, 0.4) is 0 Å². The first-order chi connectivity index (χ1) is 18.7. The molecule has 3 amide bonds. The Bertz CT molecular complexity index is 1470. The number of carbonyl (C=O) groups is 3. The van der Waals surface area contributed by atoms with E-state index in [0.717, 1.165) is 11.6 Å². The van der Waals surface area contributed by atoms with E-state index in [0.29, 0.717) is 56.6 Å². The summed E-state index contributed by atoms with van der Waals surface area (Å²) in [6, 6.07) is 14.5. The van der Waals surface area contributed by atoms with Crippen LogP contribution in [-0.4, -0.2) is 35.1 Å². The third kappa shape index (κ3) is 6.74. The lowest BCUT2D eigenvalue weighted by Crippen LogP contribution is -2.36. The van der Waals surface area contributed by atoms with Gasteiger partial charge in [0.25, 0.3) is 11.1 Å². The molecule has 4 rings (SSSR count). The molecule has 0 aliphatic carbocycles. The number of amides is 3. The molecule has 39 heavy (non-hydrogen) atoms. The Labute approximate surface area is 239 Å². The quantitative estimate of drug-likeness (QED) is 0.162. The van der Waals surface area contributed by atoms with Gasteiger partial charge in [0.1, 0.15) is 13.2 Å². The summed E-state index contributed by atoms with van der Waals surface area (Å²) in [5.41, 5.74) is 0.924. The van der Waals surface area contributed by atoms with Crippen LogP contribution in [0.25, 0.3) is 6.08 Å². The Morgan fingerprint density at radius 3 is 2.51 bits per heavy atom. The van der Waals surface area contributed by atoms with Gasteiger partial charge >= 0.3 is 0 Å². The molecule has 1 N–H and O–H groups in total. The number of carbonyl (C=O) groups excluding carboxylic acids is 3. The number of thioether (sulfide) groups is 1. The highest BCUT2D eigenvalue weighted by atomic mass is 127. The zero-order valence-electron chi connectivity index (χ0n) is 20.3. The normalized spacial score (nSPS) is 14.2. The van der Waals surface area contributed by atoms with Gasteiger partial charge in [-0.3, -0.25) is 19.3 Å². The van der Waals surface area contributed by atoms with Crippen molar-refractivity contribution in [2.75, 3.05) is 18.5 Å². The molecule has 0 aromatic heterocycles. The van der Waals surface area contributed by atoms with E-state index < -0.39 is 46.7 Å². The number of nitrogens with zero attached hydrogens (tertiary/aromatic N) is 1. The van der Waals surface area contributed by atoms with Crippen LogP contribution in [-0.2, 0) is 16.2 Å². The summed E-state index contributed by atoms with van der Waals surface area (Å²) in [5, 5.41) is 1.33. The summed E-state index contributed by atoms with van der Waals surface area (Å²) in [6.07, 6.45) is 1.49. The maximum atomic E-state index is 13.9. The number of nitrogens with one attached hydrogen (secondary N) is 1. The van der Waals surface area contributed by atoms with Gasteiger partial charge < -0.3 is 14.8 Å². The molecule has 1 fully saturated rings. The van der Waals surface area contributed by atoms with E-state index in [4.69, 9.17) is 9.47 Å². The second-order valence-corrected chi connectivity index (χ2v) is 10.2. The number of halogens is 4. The summed E-state index contributed by atoms with van der Waals surface area (Å²) in [5.74, 6) is -5.46. The molecule has 0 atom stereocenters. The molecule has 202 valence electrons. The smallest absolute Gasteiger partial charge is 0.294 e. The lowest BCUT2D eigenvalue weighted by Gasteiger charge is -2.15. The first-order valence-electron chi connectivity index (χ1n) is 11.5. The fourth-order valence-corrected chi connectivity index (χ4v) is 5.17. The number of benzene rings is 3. The second-order valence-electron chi connectivity index (χ2n) is 8.08. The van der Waals surface area contributed by atoms with Crippen LogP contribution in [0, 0.1) is 21.0 Å². The molecular weight excluding hydrogens is 648 g/mol. The molecule has 12 heteroatoms. The zero-order chi connectivity index (χ0) is 28.1. The predicted molar refractivity (Wildman–Crippen MR) is 149 cm³/mol. The number of anilines is 1. The van der Waals surface area contributed by atoms with E-state index in [-0.39, 0.29) is 4.91 Å². The fraction of sp³-hybridized carbons (Fsp3) is 0.148. The van der Waals surface area contributed by atoms with Crippen molar-refractivity contribution in [1.82, 2.24) is 4.90 Å². The highest BCUT2D eigenvalue weighted by molar-refractivity contribution is 14.1. The fourth-order valence-electron chi connectivity index (χ4n) is 3.55. The molecule has 1 aliphatic heterocycles. The Morgan fingerprint density at radius 2 is 1.79 bits per heavy atom. The van der Waals surface area contributed by atoms with Crippen LogP contribution in [0.1, 0.15) is 18.1 Å². The summed E-state index contributed by atoms with van der Waals surface area (Å²) in [6.45, 7) is 1.77. The van der Waals surface area contributed by atoms with Gasteiger partial charge in [0, 0.05) is 0 Å². The van der Waals surface area contributed by atoms with Crippen LogP contribution in [0.5, 0.6) is 11.5 Å². The predicted octanol–water partition coefficient (Wildman–Crippen LogP) is 6.36. The van der Waals surface area contributed by atoms with Crippen LogP contribution in [0.15, 0.2) is 59.5 Å². The monoisotopic (exact) mass is 668 g/mol. The van der Waals surface area contributed by atoms with Crippen molar-refractivity contribution in [2.45, 2.75) is 13.5 Å². The number of ether oxygens (including phenoxy) is 2. The molecule has 1 heterocycles. The minimum atomic E-state index is -1.75. The van der Waals surface area contributed by atoms with Gasteiger partial charge in [-0.2, -0.15) is 0 Å². The van der Waals surface area contributed by atoms with Crippen LogP contribution < -0.4 is 14.8 Å². The van der Waals surface area contributed by atoms with Crippen molar-refractivity contribution >= 4 is 63.2 Å². The van der Waals surface area contributed by atoms with E-state index in [1.165, 1.54) is 6.08 Å². The lowest BCUT2D eigenvalue weighted by atomic mass is 10.1. The van der Waals surface area contributed by atoms with Gasteiger partial charge in [0.2, 0.25) is 5.91 Å². The van der Waals surface area contributed by atoms with Crippen molar-refractivity contribution in [3.63, 3.8) is 0 Å². The average molecular weight is 668 g/mol. The first kappa shape index (κ1) is 28.5. The van der Waals surface area contributed by atoms with E-state index >= 15 is 0 Å². The molecule has 0 radical (unpaired) electrons. The van der Waals surface area contributed by atoms with Crippen molar-refractivity contribution in [3.05, 3.63) is 91.7 Å². The highest BCUT2D eigenvalue weighted by Gasteiger charge is 2.36. The second kappa shape index (κ2) is 12.6. The molecular formula is C27H20F3IN2O5S. The molecule has 0 saturated carbocycles. The zero-order valence-corrected chi connectivity index (χ0v) is 23.3. The van der Waals surface area contributed by atoms with Crippen LogP contribution >= 0.6 is 34.4 Å². The first-order valence-corrected chi connectivity index (χ1v) is 13.4. The lowest BCUT2D eigenvalue weighted by molar-refractivity contribution is -0.127. The van der Waals surface area contributed by atoms with E-state index in [2.05, 4.69) is 22.6 Å². The van der Waals surface area contributed by atoms with Gasteiger partial charge in [0.05, 0.1) is 20.8 Å². The molecule has 0 unspecified atom stereocenters. The third-order valence-corrected chi connectivity index (χ3v) is 7.05. The maximum Gasteiger partial charge on any atom is 0.294 e. The van der Waals surface area contributed by atoms with Crippen molar-refractivity contribution in [2.24, 2.45) is 0 Å². The van der Waals surface area contributed by atoms with Gasteiger partial charge in [-0.05, 0) is 82.7 Å². The molecule has 1 saturated heterocycles. The van der Waals surface area contributed by atoms with Gasteiger partial charge in [-0.15, -0.1) is 0 Å². The van der Waals surface area contributed by atoms with Crippen LogP contribution in [0.2, 0.25) is 0 Å². The Hall–Kier alpha value is -3.52. The molecule has 1 aliphatic rings. The number of hydrogen-bond acceptors (Lipinski definition) is 6. The SMILES string of the molecule is CCOc1cc(/C=C2/SC(=O)N(CC(=O)Nc3ccc(F)c(F)c3F)C2=O)cc(I)c1OCc1ccccc1. The molecule has 0 spiro atoms. The van der Waals surface area contributed by atoms with Crippen molar-refractivity contribution in [3.8, 4) is 11.5 Å². The number of hydrogen-bond donors (Lipinski definition) is 1. The van der Waals surface area contributed by atoms with E-state index in [1.54, 1.807) is 12.1 Å². The van der Waals surface area contributed by atoms with Crippen molar-refractivity contribution in [1.29, 1.82) is 0 Å². The topological polar surface area (TPSA) is 84.9 Å². The standard InChI is InChI=1S/C27H20F3IN2O5S/c1-2-37-20-11-16(10-18(31)25(20)38-14-15-6-4-3-5-7-15)12-21-26(35)33(27(36)39-21)13-22(34)32-19-9-8-17(28)23(29)24(19)30/h3-12H,2,13-14H2,1H3,(H,32,34)/b21-12+. The Morgan fingerprint density at radius 1 is 1.05 bits per heavy atom. The summed E-state index contributed by atoms with van der Waals surface area (Å²) in [7, 11) is 0. The van der Waals surface area contributed by atoms with Crippen molar-refractivity contribution < 1.29 is 37.0 Å². The Kier molecular flexibility index (Phi) is 9.17.